The van der Waals surface area contributed by atoms with E-state index in [1.807, 2.05) is 13.1 Å². The molecule has 0 spiro atoms. The van der Waals surface area contributed by atoms with Gasteiger partial charge in [-0.05, 0) is 32.6 Å². The molecular weight excluding hydrogens is 260 g/mol. The Kier molecular flexibility index (Phi) is 8.70. The predicted octanol–water partition coefficient (Wildman–Crippen LogP) is 4.26. The molecule has 0 radical (unpaired) electrons. The lowest BCUT2D eigenvalue weighted by molar-refractivity contribution is -0.942. The number of rotatable bonds is 11. The van der Waals surface area contributed by atoms with Crippen molar-refractivity contribution in [2.75, 3.05) is 6.54 Å². The monoisotopic (exact) mass is 295 g/mol. The minimum Gasteiger partial charge on any atom is -0.345 e. The number of allylic oxidation sites excluding steroid dienone is 2. The Morgan fingerprint density at radius 3 is 2.48 bits per heavy atom. The number of unbranched alkanes of at least 4 members (excludes halogenated alkanes) is 5. The highest BCUT2D eigenvalue weighted by molar-refractivity contribution is 4.85. The van der Waals surface area contributed by atoms with E-state index in [2.05, 4.69) is 37.5 Å². The highest BCUT2D eigenvalue weighted by atomic mass is 16.3. The maximum Gasteiger partial charge on any atom is 0.193 e. The minimum atomic E-state index is -0.340. The van der Waals surface area contributed by atoms with Crippen LogP contribution < -0.4 is 5.32 Å². The van der Waals surface area contributed by atoms with Gasteiger partial charge in [-0.3, -0.25) is 4.48 Å². The second-order valence-electron chi connectivity index (χ2n) is 6.19. The average molecular weight is 295 g/mol. The molecule has 0 aromatic carbocycles. The van der Waals surface area contributed by atoms with Gasteiger partial charge in [0, 0.05) is 13.3 Å². The van der Waals surface area contributed by atoms with Gasteiger partial charge in [-0.1, -0.05) is 38.3 Å². The van der Waals surface area contributed by atoms with Gasteiger partial charge < -0.3 is 10.4 Å². The molecule has 1 aliphatic heterocycles. The zero-order chi connectivity index (χ0) is 15.6. The summed E-state index contributed by atoms with van der Waals surface area (Å²) in [6.07, 6.45) is 18.8. The first-order valence-electron chi connectivity index (χ1n) is 8.81. The van der Waals surface area contributed by atoms with Crippen molar-refractivity contribution >= 4 is 0 Å². The molecule has 1 rings (SSSR count). The molecule has 0 saturated heterocycles. The first kappa shape index (κ1) is 18.2. The van der Waals surface area contributed by atoms with Gasteiger partial charge in [0.1, 0.15) is 6.20 Å². The summed E-state index contributed by atoms with van der Waals surface area (Å²) in [7, 11) is 0. The predicted molar refractivity (Wildman–Crippen MR) is 90.3 cm³/mol. The number of hydrogen-bond donors (Lipinski definition) is 2. The SMILES string of the molecule is CCCC/C=C/CCCCCC1NC=C[N+]1(CC)C(C)O. The molecule has 3 heteroatoms. The summed E-state index contributed by atoms with van der Waals surface area (Å²) in [6, 6.07) is 0. The van der Waals surface area contributed by atoms with Crippen molar-refractivity contribution in [2.24, 2.45) is 0 Å². The summed E-state index contributed by atoms with van der Waals surface area (Å²) in [5.74, 6) is 0. The van der Waals surface area contributed by atoms with Gasteiger partial charge in [0.15, 0.2) is 12.4 Å². The third kappa shape index (κ3) is 5.48. The van der Waals surface area contributed by atoms with Crippen LogP contribution in [0.25, 0.3) is 0 Å². The van der Waals surface area contributed by atoms with Gasteiger partial charge in [-0.2, -0.15) is 0 Å². The fourth-order valence-electron chi connectivity index (χ4n) is 3.17. The fourth-order valence-corrected chi connectivity index (χ4v) is 3.17. The second-order valence-corrected chi connectivity index (χ2v) is 6.19. The van der Waals surface area contributed by atoms with Crippen LogP contribution in [-0.2, 0) is 0 Å². The van der Waals surface area contributed by atoms with Gasteiger partial charge in [-0.25, -0.2) is 0 Å². The lowest BCUT2D eigenvalue weighted by Crippen LogP contribution is -2.57. The standard InChI is InChI=1S/C18H35N2O/c1-4-6-7-8-9-10-11-12-13-14-18-19-15-16-20(18,5-2)17(3)21/h8-9,15-19,21H,4-7,10-14H2,1-3H3/q+1/b9-8+. The normalized spacial score (nSPS) is 26.4. The van der Waals surface area contributed by atoms with Crippen LogP contribution in [0.4, 0.5) is 0 Å². The van der Waals surface area contributed by atoms with E-state index in [0.717, 1.165) is 13.0 Å². The van der Waals surface area contributed by atoms with Crippen LogP contribution in [0.1, 0.15) is 72.1 Å². The van der Waals surface area contributed by atoms with Crippen molar-refractivity contribution in [2.45, 2.75) is 84.5 Å². The van der Waals surface area contributed by atoms with E-state index in [1.165, 1.54) is 44.9 Å². The van der Waals surface area contributed by atoms with Crippen LogP contribution in [0.5, 0.6) is 0 Å². The van der Waals surface area contributed by atoms with E-state index in [-0.39, 0.29) is 6.23 Å². The molecule has 0 bridgehead atoms. The Bertz CT molecular complexity index is 325. The second kappa shape index (κ2) is 10.0. The molecular formula is C18H35N2O+. The van der Waals surface area contributed by atoms with Crippen molar-refractivity contribution in [1.82, 2.24) is 5.32 Å². The summed E-state index contributed by atoms with van der Waals surface area (Å²) in [4.78, 5) is 0. The fraction of sp³-hybridized carbons (Fsp3) is 0.778. The zero-order valence-corrected chi connectivity index (χ0v) is 14.2. The maximum absolute atomic E-state index is 10.1. The van der Waals surface area contributed by atoms with Crippen molar-refractivity contribution in [3.63, 3.8) is 0 Å². The van der Waals surface area contributed by atoms with Crippen LogP contribution in [-0.4, -0.2) is 28.5 Å². The Morgan fingerprint density at radius 2 is 1.86 bits per heavy atom. The van der Waals surface area contributed by atoms with E-state index in [0.29, 0.717) is 10.6 Å². The summed E-state index contributed by atoms with van der Waals surface area (Å²) < 4.78 is 0.664. The number of aliphatic hydroxyl groups excluding tert-OH is 1. The van der Waals surface area contributed by atoms with Crippen LogP contribution >= 0.6 is 0 Å². The van der Waals surface area contributed by atoms with Crippen LogP contribution in [0.2, 0.25) is 0 Å². The molecule has 3 nitrogen and oxygen atoms in total. The first-order chi connectivity index (χ1) is 10.2. The van der Waals surface area contributed by atoms with Gasteiger partial charge in [0.2, 0.25) is 0 Å². The Hall–Kier alpha value is -0.800. The quantitative estimate of drug-likeness (QED) is 0.339. The van der Waals surface area contributed by atoms with Gasteiger partial charge in [0.05, 0.1) is 12.7 Å². The molecule has 1 heterocycles. The molecule has 0 amide bonds. The summed E-state index contributed by atoms with van der Waals surface area (Å²) in [5.41, 5.74) is 0. The van der Waals surface area contributed by atoms with Gasteiger partial charge >= 0.3 is 0 Å². The van der Waals surface area contributed by atoms with E-state index in [9.17, 15) is 5.11 Å². The Morgan fingerprint density at radius 1 is 1.14 bits per heavy atom. The third-order valence-corrected chi connectivity index (χ3v) is 4.70. The lowest BCUT2D eigenvalue weighted by atomic mass is 10.1. The summed E-state index contributed by atoms with van der Waals surface area (Å²) >= 11 is 0. The minimum absolute atomic E-state index is 0.340. The molecule has 0 fully saturated rings. The number of nitrogens with one attached hydrogen (secondary N) is 1. The summed E-state index contributed by atoms with van der Waals surface area (Å²) in [5, 5.41) is 13.5. The smallest absolute Gasteiger partial charge is 0.193 e. The van der Waals surface area contributed by atoms with Crippen molar-refractivity contribution in [3.8, 4) is 0 Å². The number of aliphatic hydroxyl groups is 1. The number of hydrogen-bond acceptors (Lipinski definition) is 2. The van der Waals surface area contributed by atoms with E-state index < -0.39 is 0 Å². The van der Waals surface area contributed by atoms with Crippen molar-refractivity contribution in [3.05, 3.63) is 24.6 Å². The van der Waals surface area contributed by atoms with Gasteiger partial charge in [0.25, 0.3) is 0 Å². The maximum atomic E-state index is 10.1. The molecule has 122 valence electrons. The molecule has 21 heavy (non-hydrogen) atoms. The highest BCUT2D eigenvalue weighted by Crippen LogP contribution is 2.25. The molecule has 0 saturated carbocycles. The van der Waals surface area contributed by atoms with E-state index >= 15 is 0 Å². The third-order valence-electron chi connectivity index (χ3n) is 4.70. The van der Waals surface area contributed by atoms with E-state index in [1.54, 1.807) is 0 Å². The topological polar surface area (TPSA) is 32.3 Å². The van der Waals surface area contributed by atoms with E-state index in [4.69, 9.17) is 0 Å². The first-order valence-corrected chi connectivity index (χ1v) is 8.81. The molecule has 0 aromatic heterocycles. The highest BCUT2D eigenvalue weighted by Gasteiger charge is 2.40. The molecule has 3 unspecified atom stereocenters. The average Bonchev–Trinajstić information content (AvgIpc) is 2.89. The van der Waals surface area contributed by atoms with Crippen LogP contribution in [0.3, 0.4) is 0 Å². The molecule has 0 aromatic rings. The Labute approximate surface area is 131 Å². The molecule has 2 N–H and O–H groups in total. The molecule has 1 aliphatic rings. The van der Waals surface area contributed by atoms with Crippen LogP contribution in [0.15, 0.2) is 24.6 Å². The van der Waals surface area contributed by atoms with Crippen molar-refractivity contribution in [1.29, 1.82) is 0 Å². The lowest BCUT2D eigenvalue weighted by Gasteiger charge is -2.39. The molecule has 0 aliphatic carbocycles. The van der Waals surface area contributed by atoms with Crippen LogP contribution in [0, 0.1) is 0 Å². The Balaban J connectivity index is 2.17. The number of quaternary nitrogens is 1. The zero-order valence-electron chi connectivity index (χ0n) is 14.2. The largest absolute Gasteiger partial charge is 0.345 e. The van der Waals surface area contributed by atoms with Gasteiger partial charge in [-0.15, -0.1) is 0 Å². The molecule has 3 atom stereocenters. The van der Waals surface area contributed by atoms with Crippen molar-refractivity contribution < 1.29 is 9.59 Å². The number of nitrogens with zero attached hydrogens (tertiary/aromatic N) is 1. The summed E-state index contributed by atoms with van der Waals surface area (Å²) in [6.45, 7) is 7.22.